The normalized spacial score (nSPS) is 11.3. The number of hydrogen-bond acceptors (Lipinski definition) is 5. The molecule has 0 fully saturated rings. The van der Waals surface area contributed by atoms with Gasteiger partial charge in [-0.2, -0.15) is 0 Å². The van der Waals surface area contributed by atoms with Gasteiger partial charge in [0.15, 0.2) is 0 Å². The lowest BCUT2D eigenvalue weighted by Gasteiger charge is -2.26. The van der Waals surface area contributed by atoms with Crippen LogP contribution < -0.4 is 10.5 Å². The van der Waals surface area contributed by atoms with Crippen LogP contribution in [0.25, 0.3) is 0 Å². The van der Waals surface area contributed by atoms with Crippen molar-refractivity contribution in [1.82, 2.24) is 9.88 Å². The summed E-state index contributed by atoms with van der Waals surface area (Å²) in [5, 5.41) is 0. The van der Waals surface area contributed by atoms with Crippen LogP contribution in [-0.4, -0.2) is 47.2 Å². The number of primary amides is 1. The first-order valence-corrected chi connectivity index (χ1v) is 8.43. The Hall–Kier alpha value is -1.84. The van der Waals surface area contributed by atoms with Crippen LogP contribution in [0.4, 0.5) is 4.79 Å². The number of pyridine rings is 1. The summed E-state index contributed by atoms with van der Waals surface area (Å²) in [6, 6.07) is 3.64. The minimum Gasteiger partial charge on any atom is -0.476 e. The van der Waals surface area contributed by atoms with Crippen LogP contribution in [0, 0.1) is 3.57 Å². The van der Waals surface area contributed by atoms with E-state index in [9.17, 15) is 9.59 Å². The standard InChI is InChI=1S/C16H22IN3O4/c1-16(2,3)24-15(22)20(8-4-5-13(18)21)9-10-23-14-7-6-12(17)11-19-14/h4-7,11H,8-10H2,1-3H3,(H2,18,21)/b5-4+. The third kappa shape index (κ3) is 8.70. The Bertz CT molecular complexity index is 582. The topological polar surface area (TPSA) is 94.8 Å². The number of nitrogens with two attached hydrogens (primary N) is 1. The van der Waals surface area contributed by atoms with Gasteiger partial charge in [-0.05, 0) is 49.4 Å². The molecule has 132 valence electrons. The molecule has 1 heterocycles. The Morgan fingerprint density at radius 1 is 1.38 bits per heavy atom. The number of carbonyl (C=O) groups is 2. The predicted octanol–water partition coefficient (Wildman–Crippen LogP) is 2.34. The van der Waals surface area contributed by atoms with Gasteiger partial charge in [-0.3, -0.25) is 4.79 Å². The van der Waals surface area contributed by atoms with E-state index in [1.165, 1.54) is 17.1 Å². The van der Waals surface area contributed by atoms with Crippen LogP contribution in [0.15, 0.2) is 30.5 Å². The Morgan fingerprint density at radius 3 is 2.62 bits per heavy atom. The van der Waals surface area contributed by atoms with Gasteiger partial charge in [0, 0.05) is 28.5 Å². The molecule has 0 spiro atoms. The third-order valence-corrected chi connectivity index (χ3v) is 3.21. The summed E-state index contributed by atoms with van der Waals surface area (Å²) in [4.78, 5) is 28.5. The second kappa shape index (κ2) is 9.45. The zero-order valence-corrected chi connectivity index (χ0v) is 16.1. The first-order valence-electron chi connectivity index (χ1n) is 7.35. The molecule has 8 heteroatoms. The van der Waals surface area contributed by atoms with Crippen molar-refractivity contribution in [1.29, 1.82) is 0 Å². The van der Waals surface area contributed by atoms with Gasteiger partial charge in [0.05, 0.1) is 6.54 Å². The van der Waals surface area contributed by atoms with E-state index in [0.717, 1.165) is 3.57 Å². The van der Waals surface area contributed by atoms with Gasteiger partial charge < -0.3 is 20.1 Å². The summed E-state index contributed by atoms with van der Waals surface area (Å²) in [7, 11) is 0. The van der Waals surface area contributed by atoms with Gasteiger partial charge in [0.2, 0.25) is 11.8 Å². The number of nitrogens with zero attached hydrogens (tertiary/aromatic N) is 2. The molecule has 0 bridgehead atoms. The lowest BCUT2D eigenvalue weighted by atomic mass is 10.2. The van der Waals surface area contributed by atoms with Crippen molar-refractivity contribution in [3.05, 3.63) is 34.1 Å². The molecule has 2 N–H and O–H groups in total. The van der Waals surface area contributed by atoms with Crippen molar-refractivity contribution in [3.8, 4) is 5.88 Å². The van der Waals surface area contributed by atoms with E-state index in [-0.39, 0.29) is 19.7 Å². The maximum absolute atomic E-state index is 12.2. The molecule has 0 aliphatic heterocycles. The molecule has 0 atom stereocenters. The Balaban J connectivity index is 2.61. The Labute approximate surface area is 155 Å². The molecule has 7 nitrogen and oxygen atoms in total. The quantitative estimate of drug-likeness (QED) is 0.512. The zero-order valence-electron chi connectivity index (χ0n) is 14.0. The van der Waals surface area contributed by atoms with Crippen LogP contribution >= 0.6 is 22.6 Å². The maximum Gasteiger partial charge on any atom is 0.410 e. The molecule has 0 radical (unpaired) electrons. The highest BCUT2D eigenvalue weighted by atomic mass is 127. The van der Waals surface area contributed by atoms with Crippen molar-refractivity contribution in [2.45, 2.75) is 26.4 Å². The molecule has 0 unspecified atom stereocenters. The molecule has 1 aromatic rings. The van der Waals surface area contributed by atoms with Crippen molar-refractivity contribution in [2.24, 2.45) is 5.73 Å². The van der Waals surface area contributed by atoms with Gasteiger partial charge in [0.25, 0.3) is 0 Å². The molecule has 0 aliphatic carbocycles. The van der Waals surface area contributed by atoms with E-state index in [2.05, 4.69) is 27.6 Å². The summed E-state index contributed by atoms with van der Waals surface area (Å²) < 4.78 is 11.9. The molecular weight excluding hydrogens is 425 g/mol. The highest BCUT2D eigenvalue weighted by Crippen LogP contribution is 2.11. The van der Waals surface area contributed by atoms with Gasteiger partial charge in [-0.1, -0.05) is 6.08 Å². The molecule has 0 aliphatic rings. The van der Waals surface area contributed by atoms with Gasteiger partial charge in [0.1, 0.15) is 12.2 Å². The average Bonchev–Trinajstić information content (AvgIpc) is 2.45. The summed E-state index contributed by atoms with van der Waals surface area (Å²) in [5.74, 6) is -0.0919. The minimum atomic E-state index is -0.610. The maximum atomic E-state index is 12.2. The van der Waals surface area contributed by atoms with Crippen LogP contribution in [-0.2, 0) is 9.53 Å². The molecule has 0 saturated heterocycles. The van der Waals surface area contributed by atoms with E-state index >= 15 is 0 Å². The van der Waals surface area contributed by atoms with Crippen LogP contribution in [0.1, 0.15) is 20.8 Å². The number of hydrogen-bond donors (Lipinski definition) is 1. The number of ether oxygens (including phenoxy) is 2. The molecule has 24 heavy (non-hydrogen) atoms. The molecule has 0 saturated carbocycles. The van der Waals surface area contributed by atoms with E-state index in [4.69, 9.17) is 15.2 Å². The lowest BCUT2D eigenvalue weighted by molar-refractivity contribution is -0.113. The predicted molar refractivity (Wildman–Crippen MR) is 98.6 cm³/mol. The second-order valence-corrected chi connectivity index (χ2v) is 7.14. The number of aromatic nitrogens is 1. The van der Waals surface area contributed by atoms with Crippen molar-refractivity contribution < 1.29 is 19.1 Å². The number of halogens is 1. The molecule has 2 amide bonds. The first kappa shape index (κ1) is 20.2. The van der Waals surface area contributed by atoms with Crippen LogP contribution in [0.2, 0.25) is 0 Å². The van der Waals surface area contributed by atoms with Crippen molar-refractivity contribution >= 4 is 34.6 Å². The summed E-state index contributed by atoms with van der Waals surface area (Å²) in [5.41, 5.74) is 4.44. The van der Waals surface area contributed by atoms with E-state index in [1.54, 1.807) is 33.0 Å². The summed E-state index contributed by atoms with van der Waals surface area (Å²) in [6.07, 6.45) is 3.92. The van der Waals surface area contributed by atoms with Crippen molar-refractivity contribution in [2.75, 3.05) is 19.7 Å². The van der Waals surface area contributed by atoms with Crippen molar-refractivity contribution in [3.63, 3.8) is 0 Å². The minimum absolute atomic E-state index is 0.196. The molecule has 0 aromatic carbocycles. The highest BCUT2D eigenvalue weighted by Gasteiger charge is 2.21. The highest BCUT2D eigenvalue weighted by molar-refractivity contribution is 14.1. The third-order valence-electron chi connectivity index (χ3n) is 2.57. The van der Waals surface area contributed by atoms with Crippen LogP contribution in [0.5, 0.6) is 5.88 Å². The molecule has 1 aromatic heterocycles. The fraction of sp³-hybridized carbons (Fsp3) is 0.438. The van der Waals surface area contributed by atoms with Gasteiger partial charge >= 0.3 is 6.09 Å². The Kier molecular flexibility index (Phi) is 7.96. The second-order valence-electron chi connectivity index (χ2n) is 5.89. The van der Waals surface area contributed by atoms with E-state index in [0.29, 0.717) is 5.88 Å². The lowest BCUT2D eigenvalue weighted by Crippen LogP contribution is -2.39. The largest absolute Gasteiger partial charge is 0.476 e. The fourth-order valence-corrected chi connectivity index (χ4v) is 1.91. The number of rotatable bonds is 7. The SMILES string of the molecule is CC(C)(C)OC(=O)N(C/C=C/C(N)=O)CCOc1ccc(I)cn1. The van der Waals surface area contributed by atoms with E-state index in [1.807, 2.05) is 6.07 Å². The first-order chi connectivity index (χ1) is 11.2. The zero-order chi connectivity index (χ0) is 18.2. The molecular formula is C16H22IN3O4. The fourth-order valence-electron chi connectivity index (χ4n) is 1.59. The smallest absolute Gasteiger partial charge is 0.410 e. The monoisotopic (exact) mass is 447 g/mol. The van der Waals surface area contributed by atoms with Gasteiger partial charge in [-0.25, -0.2) is 9.78 Å². The summed E-state index contributed by atoms with van der Waals surface area (Å²) in [6.45, 7) is 6.08. The molecule has 1 rings (SSSR count). The number of carbonyl (C=O) groups excluding carboxylic acids is 2. The number of amides is 2. The Morgan fingerprint density at radius 2 is 2.08 bits per heavy atom. The average molecular weight is 447 g/mol. The van der Waals surface area contributed by atoms with Crippen LogP contribution in [0.3, 0.4) is 0 Å². The van der Waals surface area contributed by atoms with Gasteiger partial charge in [-0.15, -0.1) is 0 Å². The summed E-state index contributed by atoms with van der Waals surface area (Å²) >= 11 is 2.15. The van der Waals surface area contributed by atoms with E-state index < -0.39 is 17.6 Å².